The first-order valence-corrected chi connectivity index (χ1v) is 7.57. The second-order valence-corrected chi connectivity index (χ2v) is 6.17. The molecule has 1 atom stereocenters. The maximum absolute atomic E-state index is 13.0. The van der Waals surface area contributed by atoms with Gasteiger partial charge in [0.15, 0.2) is 11.3 Å². The number of carbonyl (C=O) groups excluding carboxylic acids is 3. The predicted molar refractivity (Wildman–Crippen MR) is 87.5 cm³/mol. The molecule has 1 spiro atoms. The number of rotatable bonds is 3. The lowest BCUT2D eigenvalue weighted by Crippen LogP contribution is -2.48. The van der Waals surface area contributed by atoms with E-state index in [0.717, 1.165) is 23.1 Å². The van der Waals surface area contributed by atoms with Gasteiger partial charge in [-0.3, -0.25) is 9.59 Å². The van der Waals surface area contributed by atoms with Crippen molar-refractivity contribution in [3.05, 3.63) is 34.2 Å². The van der Waals surface area contributed by atoms with Gasteiger partial charge in [-0.05, 0) is 37.1 Å². The quantitative estimate of drug-likeness (QED) is 0.463. The van der Waals surface area contributed by atoms with Gasteiger partial charge in [-0.2, -0.15) is 0 Å². The first kappa shape index (κ1) is 16.7. The third kappa shape index (κ3) is 2.48. The first-order valence-electron chi connectivity index (χ1n) is 7.57. The minimum Gasteiger partial charge on any atom is -0.464 e. The Morgan fingerprint density at radius 3 is 2.40 bits per heavy atom. The van der Waals surface area contributed by atoms with E-state index in [1.54, 1.807) is 12.1 Å². The molecule has 9 nitrogen and oxygen atoms in total. The topological polar surface area (TPSA) is 109 Å². The summed E-state index contributed by atoms with van der Waals surface area (Å²) in [6.45, 7) is 3.70. The highest BCUT2D eigenvalue weighted by Gasteiger charge is 2.61. The molecule has 0 bridgehead atoms. The number of anilines is 1. The smallest absolute Gasteiger partial charge is 0.354 e. The van der Waals surface area contributed by atoms with E-state index in [-0.39, 0.29) is 18.6 Å². The Bertz CT molecular complexity index is 814. The molecule has 1 saturated heterocycles. The lowest BCUT2D eigenvalue weighted by atomic mass is 9.92. The summed E-state index contributed by atoms with van der Waals surface area (Å²) < 4.78 is 4.58. The van der Waals surface area contributed by atoms with E-state index in [4.69, 9.17) is 0 Å². The van der Waals surface area contributed by atoms with Crippen molar-refractivity contribution in [1.82, 2.24) is 5.12 Å². The van der Waals surface area contributed by atoms with Gasteiger partial charge in [-0.1, -0.05) is 6.07 Å². The molecule has 1 aromatic rings. The number of esters is 1. The second kappa shape index (κ2) is 5.76. The molecule has 9 heteroatoms. The third-order valence-electron chi connectivity index (χ3n) is 4.32. The van der Waals surface area contributed by atoms with Crippen LogP contribution in [0.3, 0.4) is 0 Å². The Morgan fingerprint density at radius 1 is 1.20 bits per heavy atom. The van der Waals surface area contributed by atoms with E-state index < -0.39 is 23.3 Å². The molecule has 2 aliphatic heterocycles. The van der Waals surface area contributed by atoms with Crippen LogP contribution in [0.25, 0.3) is 0 Å². The van der Waals surface area contributed by atoms with Gasteiger partial charge in [0.25, 0.3) is 5.91 Å². The molecule has 0 aromatic heterocycles. The largest absolute Gasteiger partial charge is 0.464 e. The van der Waals surface area contributed by atoms with E-state index >= 15 is 0 Å². The van der Waals surface area contributed by atoms with Crippen LogP contribution in [0.1, 0.15) is 24.0 Å². The van der Waals surface area contributed by atoms with Crippen LogP contribution in [0.2, 0.25) is 0 Å². The van der Waals surface area contributed by atoms with E-state index in [2.05, 4.69) is 15.1 Å². The SMILES string of the molecule is COC(=O)C1=NN(N=O)[C@]2(CC(=O)N(c3cc(C)cc(C)c3)C2=O)C1. The first-order chi connectivity index (χ1) is 11.8. The van der Waals surface area contributed by atoms with Crippen LogP contribution in [0, 0.1) is 18.8 Å². The van der Waals surface area contributed by atoms with Crippen LogP contribution in [-0.2, 0) is 19.1 Å². The van der Waals surface area contributed by atoms with Crippen LogP contribution in [0.5, 0.6) is 0 Å². The number of nitrogens with zero attached hydrogens (tertiary/aromatic N) is 4. The molecule has 1 fully saturated rings. The predicted octanol–water partition coefficient (Wildman–Crippen LogP) is 1.22. The van der Waals surface area contributed by atoms with Gasteiger partial charge >= 0.3 is 5.97 Å². The van der Waals surface area contributed by atoms with Gasteiger partial charge in [-0.25, -0.2) is 9.69 Å². The average Bonchev–Trinajstić information content (AvgIpc) is 3.04. The van der Waals surface area contributed by atoms with Crippen molar-refractivity contribution in [2.45, 2.75) is 32.2 Å². The van der Waals surface area contributed by atoms with Gasteiger partial charge < -0.3 is 4.74 Å². The summed E-state index contributed by atoms with van der Waals surface area (Å²) in [5.41, 5.74) is 0.465. The van der Waals surface area contributed by atoms with E-state index in [1.165, 1.54) is 0 Å². The number of methoxy groups -OCH3 is 1. The summed E-state index contributed by atoms with van der Waals surface area (Å²) in [7, 11) is 1.16. The summed E-state index contributed by atoms with van der Waals surface area (Å²) in [5.74, 6) is -1.88. The molecule has 25 heavy (non-hydrogen) atoms. The van der Waals surface area contributed by atoms with Crippen molar-refractivity contribution < 1.29 is 19.1 Å². The zero-order chi connectivity index (χ0) is 18.4. The molecule has 0 aliphatic carbocycles. The molecule has 2 aliphatic rings. The van der Waals surface area contributed by atoms with Gasteiger partial charge in [0.05, 0.1) is 24.5 Å². The van der Waals surface area contributed by atoms with Crippen molar-refractivity contribution in [2.24, 2.45) is 10.4 Å². The summed E-state index contributed by atoms with van der Waals surface area (Å²) >= 11 is 0. The summed E-state index contributed by atoms with van der Waals surface area (Å²) in [6, 6.07) is 5.33. The standard InChI is InChI=1S/C16H16N4O5/c1-9-4-10(2)6-11(5-9)19-13(21)8-16(15(19)23)7-12(14(22)25-3)17-20(16)18-24/h4-6H,7-8H2,1-3H3/t16-/m0/s1. The van der Waals surface area contributed by atoms with Crippen LogP contribution in [-0.4, -0.2) is 41.3 Å². The number of hydrogen-bond donors (Lipinski definition) is 0. The van der Waals surface area contributed by atoms with Crippen LogP contribution < -0.4 is 4.90 Å². The normalized spacial score (nSPS) is 22.6. The van der Waals surface area contributed by atoms with E-state index in [9.17, 15) is 19.3 Å². The number of hydrazone groups is 1. The molecule has 2 amide bonds. The Hall–Kier alpha value is -3.10. The Balaban J connectivity index is 2.01. The number of ether oxygens (including phenoxy) is 1. The monoisotopic (exact) mass is 344 g/mol. The molecule has 0 saturated carbocycles. The van der Waals surface area contributed by atoms with E-state index in [1.807, 2.05) is 19.9 Å². The molecule has 0 N–H and O–H groups in total. The molecular weight excluding hydrogens is 328 g/mol. The number of amides is 2. The fourth-order valence-corrected chi connectivity index (χ4v) is 3.28. The van der Waals surface area contributed by atoms with Crippen molar-refractivity contribution in [3.63, 3.8) is 0 Å². The van der Waals surface area contributed by atoms with Crippen LogP contribution >= 0.6 is 0 Å². The summed E-state index contributed by atoms with van der Waals surface area (Å²) in [6.07, 6.45) is -0.508. The maximum atomic E-state index is 13.0. The molecule has 0 unspecified atom stereocenters. The molecule has 1 aromatic carbocycles. The molecular formula is C16H16N4O5. The lowest BCUT2D eigenvalue weighted by Gasteiger charge is -2.25. The third-order valence-corrected chi connectivity index (χ3v) is 4.32. The van der Waals surface area contributed by atoms with Gasteiger partial charge in [0.1, 0.15) is 0 Å². The van der Waals surface area contributed by atoms with Gasteiger partial charge in [0, 0.05) is 6.42 Å². The number of imide groups is 1. The number of nitroso groups, excluding NO2 is 1. The molecule has 2 heterocycles. The average molecular weight is 344 g/mol. The lowest BCUT2D eigenvalue weighted by molar-refractivity contribution is -0.132. The maximum Gasteiger partial charge on any atom is 0.354 e. The van der Waals surface area contributed by atoms with E-state index in [0.29, 0.717) is 10.8 Å². The molecule has 3 rings (SSSR count). The van der Waals surface area contributed by atoms with Crippen molar-refractivity contribution in [1.29, 1.82) is 0 Å². The number of benzene rings is 1. The zero-order valence-corrected chi connectivity index (χ0v) is 14.0. The van der Waals surface area contributed by atoms with Crippen molar-refractivity contribution in [2.75, 3.05) is 12.0 Å². The zero-order valence-electron chi connectivity index (χ0n) is 14.0. The Morgan fingerprint density at radius 2 is 1.84 bits per heavy atom. The highest BCUT2D eigenvalue weighted by Crippen LogP contribution is 2.41. The second-order valence-electron chi connectivity index (χ2n) is 6.17. The number of aryl methyl sites for hydroxylation is 2. The molecule has 130 valence electrons. The summed E-state index contributed by atoms with van der Waals surface area (Å²) in [4.78, 5) is 49.5. The highest BCUT2D eigenvalue weighted by molar-refractivity contribution is 6.39. The summed E-state index contributed by atoms with van der Waals surface area (Å²) in [5, 5.41) is 7.10. The Labute approximate surface area is 143 Å². The Kier molecular flexibility index (Phi) is 3.86. The number of hydrogen-bond acceptors (Lipinski definition) is 7. The van der Waals surface area contributed by atoms with Gasteiger partial charge in [-0.15, -0.1) is 15.1 Å². The minimum atomic E-state index is -1.61. The molecule has 0 radical (unpaired) electrons. The van der Waals surface area contributed by atoms with Crippen LogP contribution in [0.15, 0.2) is 28.6 Å². The van der Waals surface area contributed by atoms with Crippen LogP contribution in [0.4, 0.5) is 5.69 Å². The van der Waals surface area contributed by atoms with Crippen molar-refractivity contribution >= 4 is 29.2 Å². The van der Waals surface area contributed by atoms with Crippen molar-refractivity contribution in [3.8, 4) is 0 Å². The fraction of sp³-hybridized carbons (Fsp3) is 0.375. The van der Waals surface area contributed by atoms with Gasteiger partial charge in [0.2, 0.25) is 5.91 Å². The minimum absolute atomic E-state index is 0.120. The fourth-order valence-electron chi connectivity index (χ4n) is 3.28. The number of carbonyl (C=O) groups is 3. The highest BCUT2D eigenvalue weighted by atomic mass is 16.5.